The first-order valence-corrected chi connectivity index (χ1v) is 11.9. The van der Waals surface area contributed by atoms with Crippen molar-refractivity contribution < 1.29 is 27.4 Å². The summed E-state index contributed by atoms with van der Waals surface area (Å²) in [5.74, 6) is 0.604. The fourth-order valence-corrected chi connectivity index (χ4v) is 4.51. The van der Waals surface area contributed by atoms with E-state index in [0.29, 0.717) is 23.3 Å². The summed E-state index contributed by atoms with van der Waals surface area (Å²) >= 11 is 1.49. The van der Waals surface area contributed by atoms with Crippen LogP contribution >= 0.6 is 11.8 Å². The number of thioether (sulfide) groups is 1. The molecular formula is C27H22F3N3O3S. The number of aromatic nitrogens is 2. The number of alkyl halides is 3. The van der Waals surface area contributed by atoms with Crippen molar-refractivity contribution in [2.24, 2.45) is 0 Å². The molecule has 0 saturated heterocycles. The fraction of sp³-hybridized carbons (Fsp3) is 0.148. The van der Waals surface area contributed by atoms with Gasteiger partial charge in [0.15, 0.2) is 5.82 Å². The zero-order valence-electron chi connectivity index (χ0n) is 19.8. The molecule has 10 heteroatoms. The molecule has 0 aliphatic heterocycles. The minimum atomic E-state index is -4.53. The van der Waals surface area contributed by atoms with E-state index in [4.69, 9.17) is 9.47 Å². The maximum Gasteiger partial charge on any atom is 0.416 e. The van der Waals surface area contributed by atoms with Crippen molar-refractivity contribution >= 4 is 23.4 Å². The maximum absolute atomic E-state index is 13.0. The molecule has 1 atom stereocenters. The van der Waals surface area contributed by atoms with Crippen LogP contribution in [0.1, 0.15) is 32.6 Å². The van der Waals surface area contributed by atoms with Gasteiger partial charge in [0.05, 0.1) is 31.1 Å². The van der Waals surface area contributed by atoms with Crippen LogP contribution in [0, 0.1) is 0 Å². The number of hydrogen-bond donors (Lipinski definition) is 1. The van der Waals surface area contributed by atoms with Gasteiger partial charge in [0, 0.05) is 16.1 Å². The van der Waals surface area contributed by atoms with Gasteiger partial charge in [-0.25, -0.2) is 0 Å². The van der Waals surface area contributed by atoms with Crippen molar-refractivity contribution in [1.29, 1.82) is 0 Å². The van der Waals surface area contributed by atoms with E-state index in [9.17, 15) is 18.0 Å². The molecule has 4 rings (SSSR count). The van der Waals surface area contributed by atoms with E-state index in [-0.39, 0.29) is 10.8 Å². The minimum absolute atomic E-state index is 0.0819. The summed E-state index contributed by atoms with van der Waals surface area (Å²) in [6.07, 6.45) is -4.53. The monoisotopic (exact) mass is 525 g/mol. The number of ether oxygens (including phenoxy) is 2. The normalized spacial score (nSPS) is 12.0. The lowest BCUT2D eigenvalue weighted by molar-refractivity contribution is -0.137. The van der Waals surface area contributed by atoms with E-state index in [1.807, 2.05) is 30.3 Å². The van der Waals surface area contributed by atoms with Crippen LogP contribution in [0.2, 0.25) is 0 Å². The summed E-state index contributed by atoms with van der Waals surface area (Å²) in [7, 11) is 3.03. The Hall–Kier alpha value is -4.05. The van der Waals surface area contributed by atoms with Gasteiger partial charge in [0.25, 0.3) is 5.91 Å². The lowest BCUT2D eigenvalue weighted by atomic mass is 10.1. The number of benzene rings is 3. The van der Waals surface area contributed by atoms with Crippen molar-refractivity contribution in [2.45, 2.75) is 16.3 Å². The summed E-state index contributed by atoms with van der Waals surface area (Å²) in [5, 5.41) is 2.34. The van der Waals surface area contributed by atoms with Crippen LogP contribution < -0.4 is 14.8 Å². The number of hydrogen-bond acceptors (Lipinski definition) is 6. The summed E-state index contributed by atoms with van der Waals surface area (Å²) in [4.78, 5) is 22.4. The maximum atomic E-state index is 13.0. The zero-order valence-corrected chi connectivity index (χ0v) is 20.6. The number of anilines is 1. The number of halogens is 3. The molecule has 1 heterocycles. The van der Waals surface area contributed by atoms with E-state index < -0.39 is 17.6 Å². The lowest BCUT2D eigenvalue weighted by Gasteiger charge is -2.17. The van der Waals surface area contributed by atoms with Crippen LogP contribution in [0.4, 0.5) is 18.9 Å². The molecule has 3 aromatic carbocycles. The Morgan fingerprint density at radius 2 is 1.51 bits per heavy atom. The molecule has 0 aliphatic rings. The van der Waals surface area contributed by atoms with Gasteiger partial charge in [-0.3, -0.25) is 4.79 Å². The predicted octanol–water partition coefficient (Wildman–Crippen LogP) is 6.65. The van der Waals surface area contributed by atoms with Gasteiger partial charge in [-0.2, -0.15) is 23.1 Å². The van der Waals surface area contributed by atoms with Crippen molar-refractivity contribution in [2.75, 3.05) is 19.5 Å². The Kier molecular flexibility index (Phi) is 7.98. The highest BCUT2D eigenvalue weighted by Gasteiger charge is 2.31. The SMILES string of the molecule is COc1cc(OC)nc([C@H](Sc2ccc(NC(=O)c3cccc(C(F)(F)F)c3)cc2)c2ccccc2)n1. The van der Waals surface area contributed by atoms with E-state index in [2.05, 4.69) is 15.3 Å². The average molecular weight is 526 g/mol. The fourth-order valence-electron chi connectivity index (χ4n) is 3.44. The Bertz CT molecular complexity index is 1340. The molecule has 0 unspecified atom stereocenters. The third-order valence-electron chi connectivity index (χ3n) is 5.27. The van der Waals surface area contributed by atoms with Gasteiger partial charge in [0.1, 0.15) is 0 Å². The number of carbonyl (C=O) groups is 1. The summed E-state index contributed by atoms with van der Waals surface area (Å²) in [5.41, 5.74) is 0.448. The minimum Gasteiger partial charge on any atom is -0.481 e. The molecule has 0 bridgehead atoms. The lowest BCUT2D eigenvalue weighted by Crippen LogP contribution is -2.13. The van der Waals surface area contributed by atoms with Crippen LogP contribution in [0.25, 0.3) is 0 Å². The molecule has 0 fully saturated rings. The van der Waals surface area contributed by atoms with E-state index in [0.717, 1.165) is 22.6 Å². The molecule has 190 valence electrons. The van der Waals surface area contributed by atoms with Crippen LogP contribution in [0.15, 0.2) is 89.8 Å². The van der Waals surface area contributed by atoms with Crippen LogP contribution in [0.3, 0.4) is 0 Å². The van der Waals surface area contributed by atoms with Gasteiger partial charge in [-0.1, -0.05) is 36.4 Å². The Morgan fingerprint density at radius 1 is 0.865 bits per heavy atom. The second-order valence-corrected chi connectivity index (χ2v) is 8.96. The van der Waals surface area contributed by atoms with Gasteiger partial charge < -0.3 is 14.8 Å². The molecule has 0 aliphatic carbocycles. The first kappa shape index (κ1) is 26.0. The van der Waals surface area contributed by atoms with Crippen molar-refractivity contribution in [3.8, 4) is 11.8 Å². The van der Waals surface area contributed by atoms with Crippen LogP contribution in [0.5, 0.6) is 11.8 Å². The van der Waals surface area contributed by atoms with E-state index in [1.54, 1.807) is 30.3 Å². The number of rotatable bonds is 8. The highest BCUT2D eigenvalue weighted by Crippen LogP contribution is 2.40. The highest BCUT2D eigenvalue weighted by atomic mass is 32.2. The van der Waals surface area contributed by atoms with Crippen molar-refractivity contribution in [3.63, 3.8) is 0 Å². The van der Waals surface area contributed by atoms with Gasteiger partial charge in [-0.05, 0) is 48.0 Å². The Balaban J connectivity index is 1.55. The van der Waals surface area contributed by atoms with Gasteiger partial charge in [0.2, 0.25) is 11.8 Å². The molecule has 6 nitrogen and oxygen atoms in total. The van der Waals surface area contributed by atoms with E-state index >= 15 is 0 Å². The Morgan fingerprint density at radius 3 is 2.11 bits per heavy atom. The van der Waals surface area contributed by atoms with Gasteiger partial charge in [-0.15, -0.1) is 11.8 Å². The summed E-state index contributed by atoms with van der Waals surface area (Å²) < 4.78 is 49.6. The molecule has 4 aromatic rings. The second kappa shape index (κ2) is 11.3. The van der Waals surface area contributed by atoms with Gasteiger partial charge >= 0.3 is 6.18 Å². The smallest absolute Gasteiger partial charge is 0.416 e. The molecule has 37 heavy (non-hydrogen) atoms. The van der Waals surface area contributed by atoms with Crippen LogP contribution in [-0.2, 0) is 6.18 Å². The standard InChI is InChI=1S/C27H22F3N3O3S/c1-35-22-16-23(36-2)33-25(32-22)24(17-7-4-3-5-8-17)37-21-13-11-20(12-14-21)31-26(34)18-9-6-10-19(15-18)27(28,29)30/h3-16,24H,1-2H3,(H,31,34)/t24-/m1/s1. The molecular weight excluding hydrogens is 503 g/mol. The Labute approximate surface area is 215 Å². The van der Waals surface area contributed by atoms with Crippen molar-refractivity contribution in [3.05, 3.63) is 107 Å². The number of nitrogens with zero attached hydrogens (tertiary/aromatic N) is 2. The summed E-state index contributed by atoms with van der Waals surface area (Å²) in [6, 6.07) is 22.6. The predicted molar refractivity (Wildman–Crippen MR) is 135 cm³/mol. The third-order valence-corrected chi connectivity index (χ3v) is 6.53. The topological polar surface area (TPSA) is 73.3 Å². The average Bonchev–Trinajstić information content (AvgIpc) is 2.92. The zero-order chi connectivity index (χ0) is 26.4. The molecule has 1 N–H and O–H groups in total. The quantitative estimate of drug-likeness (QED) is 0.260. The summed E-state index contributed by atoms with van der Waals surface area (Å²) in [6.45, 7) is 0. The molecule has 1 amide bonds. The first-order chi connectivity index (χ1) is 17.8. The highest BCUT2D eigenvalue weighted by molar-refractivity contribution is 7.99. The molecule has 0 saturated carbocycles. The first-order valence-electron chi connectivity index (χ1n) is 11.0. The molecule has 1 aromatic heterocycles. The molecule has 0 radical (unpaired) electrons. The third kappa shape index (κ3) is 6.59. The van der Waals surface area contributed by atoms with Crippen LogP contribution in [-0.4, -0.2) is 30.1 Å². The largest absolute Gasteiger partial charge is 0.481 e. The number of amides is 1. The number of carbonyl (C=O) groups excluding carboxylic acids is 1. The van der Waals surface area contributed by atoms with E-state index in [1.165, 1.54) is 38.1 Å². The number of nitrogens with one attached hydrogen (secondary N) is 1. The second-order valence-electron chi connectivity index (χ2n) is 7.78. The van der Waals surface area contributed by atoms with Crippen molar-refractivity contribution in [1.82, 2.24) is 9.97 Å². The number of methoxy groups -OCH3 is 2. The molecule has 0 spiro atoms.